The van der Waals surface area contributed by atoms with Crippen molar-refractivity contribution in [1.29, 1.82) is 0 Å². The topological polar surface area (TPSA) is 56.7 Å². The van der Waals surface area contributed by atoms with Crippen molar-refractivity contribution in [1.82, 2.24) is 9.97 Å². The van der Waals surface area contributed by atoms with Gasteiger partial charge in [0, 0.05) is 36.8 Å². The lowest BCUT2D eigenvalue weighted by molar-refractivity contribution is -0.193. The minimum Gasteiger partial charge on any atom is -0.491 e. The first-order valence-corrected chi connectivity index (χ1v) is 12.2. The average Bonchev–Trinajstić information content (AvgIpc) is 2.88. The highest BCUT2D eigenvalue weighted by Crippen LogP contribution is 2.25. The van der Waals surface area contributed by atoms with Gasteiger partial charge in [-0.3, -0.25) is 0 Å². The van der Waals surface area contributed by atoms with Gasteiger partial charge in [-0.2, -0.15) is 0 Å². The van der Waals surface area contributed by atoms with Crippen LogP contribution in [-0.2, 0) is 9.47 Å². The third-order valence-electron chi connectivity index (χ3n) is 6.17. The van der Waals surface area contributed by atoms with Crippen molar-refractivity contribution in [2.45, 2.75) is 58.8 Å². The number of aromatic nitrogens is 2. The van der Waals surface area contributed by atoms with Crippen molar-refractivity contribution in [2.24, 2.45) is 0 Å². The van der Waals surface area contributed by atoms with Crippen LogP contribution >= 0.6 is 0 Å². The van der Waals surface area contributed by atoms with E-state index in [9.17, 15) is 0 Å². The average molecular weight is 450 g/mol. The number of rotatable bonds is 10. The van der Waals surface area contributed by atoms with Gasteiger partial charge in [0.2, 0.25) is 0 Å². The molecule has 1 saturated heterocycles. The Labute approximate surface area is 196 Å². The van der Waals surface area contributed by atoms with E-state index in [0.717, 1.165) is 79.1 Å². The molecule has 3 aromatic rings. The van der Waals surface area contributed by atoms with Crippen LogP contribution in [0.2, 0.25) is 0 Å². The molecule has 0 bridgehead atoms. The smallest absolute Gasteiger partial charge is 0.158 e. The quantitative estimate of drug-likeness (QED) is 0.387. The molecular formula is C27H35N3O3. The van der Waals surface area contributed by atoms with Gasteiger partial charge in [-0.05, 0) is 75.9 Å². The number of hydrogen-bond acceptors (Lipinski definition) is 6. The van der Waals surface area contributed by atoms with Gasteiger partial charge in [-0.25, -0.2) is 9.97 Å². The van der Waals surface area contributed by atoms with E-state index in [1.54, 1.807) is 0 Å². The minimum absolute atomic E-state index is 0.0242. The zero-order valence-electron chi connectivity index (χ0n) is 20.0. The minimum atomic E-state index is -0.0953. The summed E-state index contributed by atoms with van der Waals surface area (Å²) in [6.07, 6.45) is 5.97. The molecule has 0 radical (unpaired) electrons. The molecule has 2 unspecified atom stereocenters. The normalized spacial score (nSPS) is 17.1. The van der Waals surface area contributed by atoms with E-state index in [4.69, 9.17) is 19.2 Å². The Bertz CT molecular complexity index is 1010. The second kappa shape index (κ2) is 11.4. The summed E-state index contributed by atoms with van der Waals surface area (Å²) in [7, 11) is 0. The number of hydrogen-bond donors (Lipinski definition) is 0. The van der Waals surface area contributed by atoms with E-state index in [0.29, 0.717) is 6.61 Å². The fourth-order valence-corrected chi connectivity index (χ4v) is 4.10. The van der Waals surface area contributed by atoms with Gasteiger partial charge in [-0.15, -0.1) is 0 Å². The first kappa shape index (κ1) is 23.5. The Morgan fingerprint density at radius 1 is 1.06 bits per heavy atom. The van der Waals surface area contributed by atoms with E-state index in [1.807, 2.05) is 30.5 Å². The number of benzene rings is 1. The van der Waals surface area contributed by atoms with Gasteiger partial charge in [-0.1, -0.05) is 13.0 Å². The molecule has 2 aromatic heterocycles. The summed E-state index contributed by atoms with van der Waals surface area (Å²) in [4.78, 5) is 11.7. The monoisotopic (exact) mass is 449 g/mol. The van der Waals surface area contributed by atoms with E-state index in [-0.39, 0.29) is 12.4 Å². The molecule has 6 nitrogen and oxygen atoms in total. The van der Waals surface area contributed by atoms with Crippen LogP contribution in [0.4, 0.5) is 5.82 Å². The summed E-state index contributed by atoms with van der Waals surface area (Å²) in [5.41, 5.74) is 2.87. The third-order valence-corrected chi connectivity index (χ3v) is 6.17. The second-order valence-electron chi connectivity index (χ2n) is 8.40. The lowest BCUT2D eigenvalue weighted by atomic mass is 10.1. The van der Waals surface area contributed by atoms with Crippen LogP contribution in [0.3, 0.4) is 0 Å². The van der Waals surface area contributed by atoms with Crippen LogP contribution in [0.15, 0.2) is 48.7 Å². The molecule has 1 fully saturated rings. The highest BCUT2D eigenvalue weighted by Gasteiger charge is 2.19. The van der Waals surface area contributed by atoms with Gasteiger partial charge in [0.15, 0.2) is 6.29 Å². The van der Waals surface area contributed by atoms with Crippen LogP contribution < -0.4 is 9.64 Å². The molecule has 6 heteroatoms. The molecule has 176 valence electrons. The summed E-state index contributed by atoms with van der Waals surface area (Å²) >= 11 is 0. The summed E-state index contributed by atoms with van der Waals surface area (Å²) in [5.74, 6) is 1.82. The molecule has 2 atom stereocenters. The summed E-state index contributed by atoms with van der Waals surface area (Å²) < 4.78 is 17.8. The molecule has 1 aliphatic heterocycles. The lowest BCUT2D eigenvalue weighted by Gasteiger charge is -2.27. The highest BCUT2D eigenvalue weighted by molar-refractivity contribution is 5.82. The number of pyridine rings is 2. The first-order chi connectivity index (χ1) is 16.2. The van der Waals surface area contributed by atoms with Crippen molar-refractivity contribution in [3.05, 3.63) is 48.7 Å². The van der Waals surface area contributed by atoms with Crippen molar-refractivity contribution in [2.75, 3.05) is 31.2 Å². The van der Waals surface area contributed by atoms with E-state index in [1.165, 1.54) is 0 Å². The third kappa shape index (κ3) is 6.01. The van der Waals surface area contributed by atoms with Gasteiger partial charge in [0.25, 0.3) is 0 Å². The molecule has 0 amide bonds. The molecule has 0 spiro atoms. The van der Waals surface area contributed by atoms with Gasteiger partial charge in [0.05, 0.1) is 17.3 Å². The number of anilines is 1. The summed E-state index contributed by atoms with van der Waals surface area (Å²) in [6, 6.07) is 14.3. The van der Waals surface area contributed by atoms with E-state index in [2.05, 4.69) is 48.9 Å². The van der Waals surface area contributed by atoms with Crippen molar-refractivity contribution in [3.63, 3.8) is 0 Å². The summed E-state index contributed by atoms with van der Waals surface area (Å²) in [6.45, 7) is 9.59. The predicted molar refractivity (Wildman–Crippen MR) is 133 cm³/mol. The Balaban J connectivity index is 1.41. The van der Waals surface area contributed by atoms with Gasteiger partial charge in [0.1, 0.15) is 18.2 Å². The molecule has 0 saturated carbocycles. The van der Waals surface area contributed by atoms with Crippen LogP contribution in [0.5, 0.6) is 5.75 Å². The van der Waals surface area contributed by atoms with Gasteiger partial charge >= 0.3 is 0 Å². The Morgan fingerprint density at radius 2 is 1.94 bits per heavy atom. The SMILES string of the molecule is CCC(COc1ccc2nc(-c3ccc(N(CC)CC)nc3)ccc2c1)OC1CCCCO1. The molecular weight excluding hydrogens is 414 g/mol. The zero-order chi connectivity index (χ0) is 23.0. The van der Waals surface area contributed by atoms with Crippen LogP contribution in [0.25, 0.3) is 22.2 Å². The van der Waals surface area contributed by atoms with Crippen LogP contribution in [0.1, 0.15) is 46.5 Å². The maximum absolute atomic E-state index is 6.08. The number of fused-ring (bicyclic) bond motifs is 1. The highest BCUT2D eigenvalue weighted by atomic mass is 16.7. The molecule has 1 aromatic carbocycles. The number of ether oxygens (including phenoxy) is 3. The molecule has 33 heavy (non-hydrogen) atoms. The maximum Gasteiger partial charge on any atom is 0.158 e. The Morgan fingerprint density at radius 3 is 2.64 bits per heavy atom. The number of nitrogens with zero attached hydrogens (tertiary/aromatic N) is 3. The molecule has 3 heterocycles. The molecule has 4 rings (SSSR count). The molecule has 0 aliphatic carbocycles. The Hall–Kier alpha value is -2.70. The van der Waals surface area contributed by atoms with E-state index < -0.39 is 0 Å². The predicted octanol–water partition coefficient (Wildman–Crippen LogP) is 5.84. The van der Waals surface area contributed by atoms with E-state index >= 15 is 0 Å². The lowest BCUT2D eigenvalue weighted by Crippen LogP contribution is -2.31. The van der Waals surface area contributed by atoms with Crippen molar-refractivity contribution in [3.8, 4) is 17.0 Å². The largest absolute Gasteiger partial charge is 0.491 e. The van der Waals surface area contributed by atoms with Crippen molar-refractivity contribution >= 4 is 16.7 Å². The molecule has 1 aliphatic rings. The Kier molecular flexibility index (Phi) is 8.13. The van der Waals surface area contributed by atoms with Gasteiger partial charge < -0.3 is 19.1 Å². The standard InChI is InChI=1S/C27H35N3O3/c1-4-22(33-27-9-7-8-16-31-27)19-32-23-12-14-24-20(17-23)10-13-25(29-24)21-11-15-26(28-18-21)30(5-2)6-3/h10-15,17-18,22,27H,4-9,16,19H2,1-3H3. The van der Waals surface area contributed by atoms with Crippen LogP contribution in [-0.4, -0.2) is 48.7 Å². The van der Waals surface area contributed by atoms with Crippen molar-refractivity contribution < 1.29 is 14.2 Å². The molecule has 0 N–H and O–H groups in total. The zero-order valence-corrected chi connectivity index (χ0v) is 20.0. The maximum atomic E-state index is 6.08. The first-order valence-electron chi connectivity index (χ1n) is 12.2. The second-order valence-corrected chi connectivity index (χ2v) is 8.40. The summed E-state index contributed by atoms with van der Waals surface area (Å²) in [5, 5.41) is 1.05. The van der Waals surface area contributed by atoms with Crippen LogP contribution in [0, 0.1) is 0 Å². The fourth-order valence-electron chi connectivity index (χ4n) is 4.10. The fraction of sp³-hybridized carbons (Fsp3) is 0.481.